The molecule has 38 heavy (non-hydrogen) atoms. The Bertz CT molecular complexity index is 1280. The molecule has 0 saturated carbocycles. The Morgan fingerprint density at radius 3 is 2.32 bits per heavy atom. The van der Waals surface area contributed by atoms with Crippen LogP contribution >= 0.6 is 23.2 Å². The van der Waals surface area contributed by atoms with Gasteiger partial charge in [0, 0.05) is 19.6 Å². The maximum atomic E-state index is 13.6. The van der Waals surface area contributed by atoms with Crippen LogP contribution in [0.5, 0.6) is 11.5 Å². The first kappa shape index (κ1) is 29.0. The molecule has 2 heterocycles. The van der Waals surface area contributed by atoms with Gasteiger partial charge in [-0.3, -0.25) is 10.1 Å². The minimum Gasteiger partial charge on any atom is -0.493 e. The number of amides is 1. The summed E-state index contributed by atoms with van der Waals surface area (Å²) in [5.74, 6) is 1.71. The fourth-order valence-corrected chi connectivity index (χ4v) is 7.22. The van der Waals surface area contributed by atoms with Gasteiger partial charge >= 0.3 is 0 Å². The Morgan fingerprint density at radius 1 is 1.03 bits per heavy atom. The molecule has 1 N–H and O–H groups in total. The smallest absolute Gasteiger partial charge is 0.243 e. The molecule has 2 aliphatic rings. The van der Waals surface area contributed by atoms with E-state index in [0.29, 0.717) is 48.2 Å². The van der Waals surface area contributed by atoms with Crippen LogP contribution in [0.3, 0.4) is 0 Å². The Kier molecular flexibility index (Phi) is 8.84. The van der Waals surface area contributed by atoms with Crippen molar-refractivity contribution in [1.82, 2.24) is 14.5 Å². The minimum atomic E-state index is -3.75. The highest BCUT2D eigenvalue weighted by molar-refractivity contribution is 7.89. The van der Waals surface area contributed by atoms with Crippen LogP contribution in [-0.4, -0.2) is 69.1 Å². The van der Waals surface area contributed by atoms with Crippen LogP contribution in [0.2, 0.25) is 10.0 Å². The summed E-state index contributed by atoms with van der Waals surface area (Å²) in [6.07, 6.45) is 2.33. The second kappa shape index (κ2) is 11.6. The lowest BCUT2D eigenvalue weighted by Crippen LogP contribution is -2.59. The van der Waals surface area contributed by atoms with Gasteiger partial charge in [-0.2, -0.15) is 4.31 Å². The van der Waals surface area contributed by atoms with E-state index in [0.717, 1.165) is 12.0 Å². The first-order valence-corrected chi connectivity index (χ1v) is 15.0. The highest BCUT2D eigenvalue weighted by Gasteiger charge is 2.52. The molecule has 2 aliphatic heterocycles. The molecule has 8 nitrogen and oxygen atoms in total. The first-order chi connectivity index (χ1) is 18.0. The number of hydrogen-bond donors (Lipinski definition) is 1. The van der Waals surface area contributed by atoms with Crippen LogP contribution in [0.4, 0.5) is 0 Å². The molecule has 0 aromatic heterocycles. The average molecular weight is 585 g/mol. The molecule has 1 amide bonds. The number of nitrogens with zero attached hydrogens (tertiary/aromatic N) is 2. The second-order valence-electron chi connectivity index (χ2n) is 10.3. The predicted octanol–water partition coefficient (Wildman–Crippen LogP) is 4.58. The van der Waals surface area contributed by atoms with Gasteiger partial charge in [0.1, 0.15) is 0 Å². The normalized spacial score (nSPS) is 19.9. The van der Waals surface area contributed by atoms with E-state index in [1.807, 2.05) is 23.1 Å². The van der Waals surface area contributed by atoms with Gasteiger partial charge in [0.15, 0.2) is 11.5 Å². The van der Waals surface area contributed by atoms with Crippen LogP contribution < -0.4 is 14.8 Å². The van der Waals surface area contributed by atoms with Gasteiger partial charge in [-0.05, 0) is 67.5 Å². The molecule has 2 saturated heterocycles. The molecular weight excluding hydrogens is 549 g/mol. The van der Waals surface area contributed by atoms with Crippen molar-refractivity contribution in [2.45, 2.75) is 56.1 Å². The molecule has 1 unspecified atom stereocenters. The average Bonchev–Trinajstić information content (AvgIpc) is 3.13. The summed E-state index contributed by atoms with van der Waals surface area (Å²) in [6.45, 7) is 5.27. The maximum Gasteiger partial charge on any atom is 0.243 e. The zero-order valence-corrected chi connectivity index (χ0v) is 24.5. The van der Waals surface area contributed by atoms with Crippen molar-refractivity contribution in [3.8, 4) is 11.5 Å². The lowest BCUT2D eigenvalue weighted by molar-refractivity contribution is -0.133. The Balaban J connectivity index is 1.53. The maximum absolute atomic E-state index is 13.6. The van der Waals surface area contributed by atoms with Crippen molar-refractivity contribution in [3.05, 3.63) is 52.0 Å². The number of carbonyl (C=O) groups excluding carboxylic acids is 1. The van der Waals surface area contributed by atoms with Gasteiger partial charge in [-0.1, -0.05) is 43.1 Å². The molecular formula is C27H35Cl2N3O5S. The number of methoxy groups -OCH3 is 2. The quantitative estimate of drug-likeness (QED) is 0.465. The number of ether oxygens (including phenoxy) is 2. The van der Waals surface area contributed by atoms with Gasteiger partial charge in [0.2, 0.25) is 15.9 Å². The number of carbonyl (C=O) groups is 1. The van der Waals surface area contributed by atoms with E-state index in [2.05, 4.69) is 19.2 Å². The standard InChI is InChI=1S/C27H35Cl2N3O5S/c1-18(2)15-23-26(33)32(12-9-19-5-8-24(36-3)25(16-19)37-4)27(30-23)10-13-31(14-11-27)38(34,35)20-6-7-21(28)22(29)17-20/h5-8,16-18,23,30H,9-15H2,1-4H3. The molecule has 0 radical (unpaired) electrons. The number of halogens is 2. The van der Waals surface area contributed by atoms with Crippen LogP contribution in [0.25, 0.3) is 0 Å². The molecule has 2 aromatic rings. The summed E-state index contributed by atoms with van der Waals surface area (Å²) in [5.41, 5.74) is 0.425. The highest BCUT2D eigenvalue weighted by atomic mass is 35.5. The van der Waals surface area contributed by atoms with Crippen molar-refractivity contribution in [3.63, 3.8) is 0 Å². The van der Waals surface area contributed by atoms with Gasteiger partial charge in [0.25, 0.3) is 0 Å². The Hall–Kier alpha value is -2.04. The fourth-order valence-electron chi connectivity index (χ4n) is 5.39. The summed E-state index contributed by atoms with van der Waals surface area (Å²) in [6, 6.07) is 9.82. The first-order valence-electron chi connectivity index (χ1n) is 12.8. The third kappa shape index (κ3) is 5.77. The van der Waals surface area contributed by atoms with E-state index in [-0.39, 0.29) is 35.0 Å². The van der Waals surface area contributed by atoms with E-state index in [1.54, 1.807) is 14.2 Å². The van der Waals surface area contributed by atoms with Gasteiger partial charge in [0.05, 0.1) is 40.9 Å². The zero-order valence-electron chi connectivity index (χ0n) is 22.2. The topological polar surface area (TPSA) is 88.2 Å². The van der Waals surface area contributed by atoms with Crippen LogP contribution in [-0.2, 0) is 21.2 Å². The van der Waals surface area contributed by atoms with Crippen molar-refractivity contribution < 1.29 is 22.7 Å². The number of piperidine rings is 1. The van der Waals surface area contributed by atoms with E-state index < -0.39 is 15.7 Å². The number of rotatable bonds is 9. The third-order valence-corrected chi connectivity index (χ3v) is 10.0. The number of hydrogen-bond acceptors (Lipinski definition) is 6. The van der Waals surface area contributed by atoms with Crippen molar-refractivity contribution >= 4 is 39.1 Å². The molecule has 2 fully saturated rings. The summed E-state index contributed by atoms with van der Waals surface area (Å²) >= 11 is 12.1. The minimum absolute atomic E-state index is 0.0694. The SMILES string of the molecule is COc1ccc(CCN2C(=O)C(CC(C)C)NC23CCN(S(=O)(=O)c2ccc(Cl)c(Cl)c2)CC3)cc1OC. The lowest BCUT2D eigenvalue weighted by Gasteiger charge is -2.44. The highest BCUT2D eigenvalue weighted by Crippen LogP contribution is 2.37. The van der Waals surface area contributed by atoms with Crippen LogP contribution in [0.15, 0.2) is 41.3 Å². The fraction of sp³-hybridized carbons (Fsp3) is 0.519. The molecule has 1 spiro atoms. The second-order valence-corrected chi connectivity index (χ2v) is 13.0. The molecule has 0 aliphatic carbocycles. The van der Waals surface area contributed by atoms with E-state index in [4.69, 9.17) is 32.7 Å². The molecule has 0 bridgehead atoms. The molecule has 11 heteroatoms. The molecule has 208 valence electrons. The number of sulfonamides is 1. The summed E-state index contributed by atoms with van der Waals surface area (Å²) in [5, 5.41) is 4.11. The van der Waals surface area contributed by atoms with Crippen LogP contribution in [0, 0.1) is 5.92 Å². The van der Waals surface area contributed by atoms with Crippen LogP contribution in [0.1, 0.15) is 38.7 Å². The van der Waals surface area contributed by atoms with Gasteiger partial charge in [-0.15, -0.1) is 0 Å². The van der Waals surface area contributed by atoms with E-state index in [1.165, 1.54) is 22.5 Å². The lowest BCUT2D eigenvalue weighted by atomic mass is 9.96. The largest absolute Gasteiger partial charge is 0.493 e. The molecule has 4 rings (SSSR count). The Morgan fingerprint density at radius 2 is 1.71 bits per heavy atom. The zero-order chi connectivity index (χ0) is 27.7. The predicted molar refractivity (Wildman–Crippen MR) is 149 cm³/mol. The van der Waals surface area contributed by atoms with Crippen molar-refractivity contribution in [2.24, 2.45) is 5.92 Å². The Labute approximate surface area is 235 Å². The third-order valence-electron chi connectivity index (χ3n) is 7.38. The van der Waals surface area contributed by atoms with E-state index >= 15 is 0 Å². The van der Waals surface area contributed by atoms with Crippen molar-refractivity contribution in [1.29, 1.82) is 0 Å². The molecule has 2 aromatic carbocycles. The summed E-state index contributed by atoms with van der Waals surface area (Å²) in [7, 11) is -0.553. The number of benzene rings is 2. The van der Waals surface area contributed by atoms with Crippen molar-refractivity contribution in [2.75, 3.05) is 33.9 Å². The van der Waals surface area contributed by atoms with Gasteiger partial charge in [-0.25, -0.2) is 8.42 Å². The van der Waals surface area contributed by atoms with E-state index in [9.17, 15) is 13.2 Å². The van der Waals surface area contributed by atoms with Gasteiger partial charge < -0.3 is 14.4 Å². The monoisotopic (exact) mass is 583 g/mol. The molecule has 1 atom stereocenters. The number of nitrogens with one attached hydrogen (secondary N) is 1. The summed E-state index contributed by atoms with van der Waals surface area (Å²) in [4.78, 5) is 15.6. The summed E-state index contributed by atoms with van der Waals surface area (Å²) < 4.78 is 38.9.